The van der Waals surface area contributed by atoms with E-state index in [1.165, 1.54) is 27.0 Å². The van der Waals surface area contributed by atoms with Crippen LogP contribution < -0.4 is 23.7 Å². The van der Waals surface area contributed by atoms with Crippen molar-refractivity contribution in [2.24, 2.45) is 0 Å². The molecule has 0 fully saturated rings. The molecular weight excluding hydrogens is 1430 g/mol. The van der Waals surface area contributed by atoms with Gasteiger partial charge in [-0.2, -0.15) is 19.8 Å². The van der Waals surface area contributed by atoms with Gasteiger partial charge >= 0.3 is 25.0 Å². The maximum Gasteiger partial charge on any atom is 0.226 e. The predicted molar refractivity (Wildman–Crippen MR) is 353 cm³/mol. The molecule has 0 amide bonds. The molecule has 1 aliphatic rings. The van der Waals surface area contributed by atoms with Crippen molar-refractivity contribution in [2.75, 3.05) is 46.8 Å². The molecule has 0 saturated carbocycles. The van der Waals surface area contributed by atoms with Crippen molar-refractivity contribution in [3.8, 4) is 28.7 Å². The number of hydrogen-bond donors (Lipinski definition) is 1. The van der Waals surface area contributed by atoms with E-state index in [4.69, 9.17) is 207 Å². The first-order valence-corrected chi connectivity index (χ1v) is 31.4. The molecule has 0 aliphatic heterocycles. The van der Waals surface area contributed by atoms with Crippen LogP contribution in [0.1, 0.15) is 43.5 Å². The molecule has 5 rings (SSSR count). The van der Waals surface area contributed by atoms with E-state index in [2.05, 4.69) is 31.7 Å². The average molecular weight is 1490 g/mol. The predicted octanol–water partition coefficient (Wildman–Crippen LogP) is 18.7. The summed E-state index contributed by atoms with van der Waals surface area (Å²) in [4.78, 5) is 43.4. The second-order valence-electron chi connectivity index (χ2n) is 15.7. The van der Waals surface area contributed by atoms with Gasteiger partial charge in [-0.15, -0.1) is 0 Å². The number of carbonyl (C=O) groups excluding carboxylic acids is 4. The summed E-state index contributed by atoms with van der Waals surface area (Å²) in [5.41, 5.74) is 0.820. The Morgan fingerprint density at radius 3 is 1.18 bits per heavy atom. The standard InChI is InChI=1S/C18H15Cl5O4.C12H15Cl5O2Si.C9H7Cl5O2.C8H6O3.CH3BS.H2O.2H3P/c1-9(24)10-4-5-11(25-2)12(8-10)26-6-3-7-27-18-16(22)14(20)13(19)15(21)17(18)23;1-20(2,3)19-6-4-5-18-12-10(16)8(14)7(13)9(15)11(12)17;10-4-5(11)7(13)9(8(14)6(4)12)16-3-1-2-15;1-5(9)6-2-3-7(10)8(11)4-6;1-2-3;;;/h4-5,8H,3,6-7H2,1-2H3;4-6H2,1-3H3;15H,1-3H2;2-4H,1H3;1H3;1H2;2*1H3. The second-order valence-corrected chi connectivity index (χ2v) is 26.4. The Hall–Kier alpha value is -0.368. The molecule has 1 aliphatic carbocycles. The van der Waals surface area contributed by atoms with Crippen molar-refractivity contribution in [2.45, 2.75) is 59.6 Å². The minimum absolute atomic E-state index is 0. The smallest absolute Gasteiger partial charge is 0.226 e. The van der Waals surface area contributed by atoms with Crippen molar-refractivity contribution in [3.63, 3.8) is 0 Å². The van der Waals surface area contributed by atoms with Gasteiger partial charge in [0.15, 0.2) is 48.6 Å². The van der Waals surface area contributed by atoms with Crippen LogP contribution in [-0.2, 0) is 18.8 Å². The van der Waals surface area contributed by atoms with Crippen LogP contribution in [0.5, 0.6) is 28.7 Å². The minimum Gasteiger partial charge on any atom is -0.493 e. The Bertz CT molecular complexity index is 2740. The van der Waals surface area contributed by atoms with Gasteiger partial charge in [0.2, 0.25) is 11.6 Å². The molecule has 446 valence electrons. The van der Waals surface area contributed by atoms with E-state index < -0.39 is 19.9 Å². The van der Waals surface area contributed by atoms with Crippen molar-refractivity contribution < 1.29 is 57.9 Å². The van der Waals surface area contributed by atoms with Gasteiger partial charge in [-0.25, -0.2) is 0 Å². The third-order valence-electron chi connectivity index (χ3n) is 8.84. The number of ketones is 4. The molecule has 2 atom stereocenters. The molecule has 0 saturated heterocycles. The molecule has 80 heavy (non-hydrogen) atoms. The van der Waals surface area contributed by atoms with Crippen LogP contribution in [0.15, 0.2) is 42.0 Å². The van der Waals surface area contributed by atoms with E-state index in [0.29, 0.717) is 49.7 Å². The molecule has 0 spiro atoms. The molecule has 12 nitrogen and oxygen atoms in total. The summed E-state index contributed by atoms with van der Waals surface area (Å²) in [7, 11) is 0.0236. The fraction of sp³-hybridized carbons (Fsp3) is 0.333. The number of aliphatic hydroxyl groups is 1. The summed E-state index contributed by atoms with van der Waals surface area (Å²) < 4.78 is 33.0. The zero-order valence-corrected chi connectivity index (χ0v) is 59.4. The average Bonchev–Trinajstić information content (AvgIpc) is 3.38. The zero-order chi connectivity index (χ0) is 59.1. The van der Waals surface area contributed by atoms with Crippen LogP contribution in [0, 0.1) is 0 Å². The molecule has 2 unspecified atom stereocenters. The maximum absolute atomic E-state index is 11.5. The zero-order valence-electron chi connectivity index (χ0n) is 43.4. The molecule has 32 heteroatoms. The summed E-state index contributed by atoms with van der Waals surface area (Å²) in [6, 6.07) is 4.99. The van der Waals surface area contributed by atoms with E-state index in [0.717, 1.165) is 18.6 Å². The molecule has 0 radical (unpaired) electrons. The van der Waals surface area contributed by atoms with E-state index >= 15 is 0 Å². The SMILES string of the molecule is CB=S.CC(=O)C1=CC(=O)C(=O)C=C1.COc1ccc(C(C)=O)cc1OCCCOc1c(Cl)c(Cl)c(Cl)c(Cl)c1Cl.C[Si](C)(C)OCCCOc1c(Cl)c(Cl)c(Cl)c(Cl)c1Cl.O.OCCCOc1c(Cl)c(Cl)c(Cl)c(Cl)c1Cl.P.P. The van der Waals surface area contributed by atoms with Crippen LogP contribution in [0.4, 0.5) is 0 Å². The Morgan fingerprint density at radius 1 is 0.525 bits per heavy atom. The number of aliphatic hydroxyl groups excluding tert-OH is 1. The van der Waals surface area contributed by atoms with Gasteiger partial charge < -0.3 is 38.7 Å². The van der Waals surface area contributed by atoms with E-state index in [1.807, 2.05) is 6.82 Å². The first kappa shape index (κ1) is 83.8. The van der Waals surface area contributed by atoms with Crippen molar-refractivity contribution in [1.29, 1.82) is 0 Å². The van der Waals surface area contributed by atoms with Gasteiger partial charge in [0.1, 0.15) is 30.1 Å². The fourth-order valence-electron chi connectivity index (χ4n) is 5.14. The Kier molecular flexibility index (Phi) is 44.5. The van der Waals surface area contributed by atoms with E-state index in [1.54, 1.807) is 24.4 Å². The molecule has 4 aromatic carbocycles. The van der Waals surface area contributed by atoms with Crippen LogP contribution in [0.3, 0.4) is 0 Å². The molecule has 0 aromatic heterocycles. The topological polar surface area (TPSA) is 175 Å². The summed E-state index contributed by atoms with van der Waals surface area (Å²) in [5.74, 6) is 0.120. The number of carbonyl (C=O) groups is 4. The summed E-state index contributed by atoms with van der Waals surface area (Å²) >= 11 is 93.6. The van der Waals surface area contributed by atoms with Crippen molar-refractivity contribution in [3.05, 3.63) is 123 Å². The van der Waals surface area contributed by atoms with Crippen LogP contribution in [0.25, 0.3) is 0 Å². The minimum atomic E-state index is -1.50. The summed E-state index contributed by atoms with van der Waals surface area (Å²) in [5, 5.41) is 10.2. The molecule has 3 N–H and O–H groups in total. The van der Waals surface area contributed by atoms with E-state index in [-0.39, 0.29) is 155 Å². The normalized spacial score (nSPS) is 11.1. The summed E-state index contributed by atoms with van der Waals surface area (Å²) in [6.45, 7) is 12.8. The third kappa shape index (κ3) is 27.1. The number of ether oxygens (including phenoxy) is 5. The van der Waals surface area contributed by atoms with Crippen LogP contribution >= 0.6 is 206 Å². The van der Waals surface area contributed by atoms with Crippen molar-refractivity contribution >= 4 is 243 Å². The maximum atomic E-state index is 11.5. The largest absolute Gasteiger partial charge is 0.493 e. The monoisotopic (exact) mass is 1480 g/mol. The number of rotatable bonds is 19. The number of methoxy groups -OCH3 is 1. The second kappa shape index (κ2) is 42.5. The van der Waals surface area contributed by atoms with Gasteiger partial charge in [-0.05, 0) is 63.8 Å². The molecular formula is C48H54BCl15O12P2SSi. The van der Waals surface area contributed by atoms with Crippen LogP contribution in [-0.4, -0.2) is 94.9 Å². The number of hydrogen-bond acceptors (Lipinski definition) is 12. The summed E-state index contributed by atoms with van der Waals surface area (Å²) in [6.07, 6.45) is 6.77. The van der Waals surface area contributed by atoms with Gasteiger partial charge in [0.25, 0.3) is 0 Å². The third-order valence-corrected chi connectivity index (χ3v) is 16.6. The number of benzene rings is 4. The molecule has 0 heterocycles. The van der Waals surface area contributed by atoms with Gasteiger partial charge in [-0.3, -0.25) is 19.2 Å². The first-order chi connectivity index (χ1) is 35.9. The Labute approximate surface area is 553 Å². The number of Topliss-reactive ketones (excluding diaryl/α,β-unsaturated/α-hetero) is 2. The Balaban J connectivity index is -0.000000999. The van der Waals surface area contributed by atoms with Gasteiger partial charge in [0.05, 0.1) is 78.7 Å². The molecule has 4 aromatic rings. The van der Waals surface area contributed by atoms with Crippen molar-refractivity contribution in [1.82, 2.24) is 0 Å². The van der Waals surface area contributed by atoms with Gasteiger partial charge in [-0.1, -0.05) is 174 Å². The fourth-order valence-corrected chi connectivity index (χ4v) is 9.58. The van der Waals surface area contributed by atoms with Crippen LogP contribution in [0.2, 0.25) is 102 Å². The van der Waals surface area contributed by atoms with Gasteiger partial charge in [0, 0.05) is 49.7 Å². The Morgan fingerprint density at radius 2 is 0.863 bits per heavy atom. The quantitative estimate of drug-likeness (QED) is 0.0138. The van der Waals surface area contributed by atoms with E-state index in [9.17, 15) is 19.2 Å². The number of halogens is 15. The number of allylic oxidation sites excluding steroid dienone is 4. The first-order valence-electron chi connectivity index (χ1n) is 21.8. The molecule has 0 bridgehead atoms.